The Morgan fingerprint density at radius 1 is 1.29 bits per heavy atom. The summed E-state index contributed by atoms with van der Waals surface area (Å²) in [7, 11) is 0. The molecule has 3 amide bonds. The maximum Gasteiger partial charge on any atom is 0.407 e. The van der Waals surface area contributed by atoms with E-state index in [9.17, 15) is 14.4 Å². The second-order valence-electron chi connectivity index (χ2n) is 5.20. The molecule has 24 heavy (non-hydrogen) atoms. The smallest absolute Gasteiger partial charge is 0.407 e. The maximum atomic E-state index is 11.8. The number of ether oxygens (including phenoxy) is 1. The van der Waals surface area contributed by atoms with E-state index < -0.39 is 29.9 Å². The highest BCUT2D eigenvalue weighted by atomic mass is 16.5. The summed E-state index contributed by atoms with van der Waals surface area (Å²) in [5, 5.41) is 13.3. The number of alkyl carbamates (subject to hydrolysis) is 1. The molecule has 0 heterocycles. The van der Waals surface area contributed by atoms with Crippen LogP contribution in [0.4, 0.5) is 4.79 Å². The molecule has 0 aliphatic heterocycles. The summed E-state index contributed by atoms with van der Waals surface area (Å²) >= 11 is 0. The molecule has 8 heteroatoms. The van der Waals surface area contributed by atoms with Gasteiger partial charge in [-0.3, -0.25) is 9.59 Å². The van der Waals surface area contributed by atoms with E-state index in [4.69, 9.17) is 15.7 Å². The molecule has 1 aromatic carbocycles. The van der Waals surface area contributed by atoms with Gasteiger partial charge in [-0.1, -0.05) is 37.3 Å². The zero-order chi connectivity index (χ0) is 17.9. The van der Waals surface area contributed by atoms with E-state index in [1.54, 1.807) is 19.1 Å². The second-order valence-corrected chi connectivity index (χ2v) is 5.20. The van der Waals surface area contributed by atoms with Gasteiger partial charge in [-0.25, -0.2) is 4.79 Å². The molecular formula is C16H20N4O4. The van der Waals surface area contributed by atoms with E-state index in [1.807, 2.05) is 24.3 Å². The van der Waals surface area contributed by atoms with Crippen LogP contribution in [0.5, 0.6) is 0 Å². The predicted molar refractivity (Wildman–Crippen MR) is 85.1 cm³/mol. The van der Waals surface area contributed by atoms with Gasteiger partial charge in [0.1, 0.15) is 19.2 Å². The molecule has 0 unspecified atom stereocenters. The predicted octanol–water partition coefficient (Wildman–Crippen LogP) is 0.433. The minimum Gasteiger partial charge on any atom is -0.445 e. The van der Waals surface area contributed by atoms with Crippen molar-refractivity contribution in [3.8, 4) is 6.07 Å². The number of hydrogen-bond donors (Lipinski definition) is 3. The van der Waals surface area contributed by atoms with E-state index in [-0.39, 0.29) is 19.6 Å². The molecule has 1 aromatic rings. The minimum absolute atomic E-state index is 0.0699. The first-order chi connectivity index (χ1) is 11.4. The third-order valence-electron chi connectivity index (χ3n) is 3.21. The Labute approximate surface area is 140 Å². The van der Waals surface area contributed by atoms with Crippen molar-refractivity contribution in [1.82, 2.24) is 10.6 Å². The molecule has 0 saturated heterocycles. The maximum absolute atomic E-state index is 11.8. The number of nitrogens with two attached hydrogens (primary N) is 1. The number of nitrogens with zero attached hydrogens (tertiary/aromatic N) is 1. The molecule has 0 radical (unpaired) electrons. The highest BCUT2D eigenvalue weighted by Gasteiger charge is 2.24. The van der Waals surface area contributed by atoms with E-state index in [2.05, 4.69) is 10.6 Å². The van der Waals surface area contributed by atoms with Crippen LogP contribution in [-0.2, 0) is 20.9 Å². The summed E-state index contributed by atoms with van der Waals surface area (Å²) in [6.07, 6.45) is -0.685. The first-order valence-corrected chi connectivity index (χ1v) is 7.34. The van der Waals surface area contributed by atoms with Gasteiger partial charge in [-0.05, 0) is 11.5 Å². The Bertz CT molecular complexity index is 612. The topological polar surface area (TPSA) is 134 Å². The standard InChI is InChI=1S/C16H20N4O4/c1-11(7-8-17)14(15(18)22)20-13(21)9-19-16(23)24-10-12-5-3-2-4-6-12/h2-6,11,14H,7,9-10H2,1H3,(H2,18,22)(H,19,23)(H,20,21)/t11-,14-/m0/s1. The minimum atomic E-state index is -0.973. The highest BCUT2D eigenvalue weighted by Crippen LogP contribution is 2.07. The molecule has 0 spiro atoms. The molecule has 0 saturated carbocycles. The monoisotopic (exact) mass is 332 g/mol. The fraction of sp³-hybridized carbons (Fsp3) is 0.375. The lowest BCUT2D eigenvalue weighted by atomic mass is 9.98. The van der Waals surface area contributed by atoms with Crippen molar-refractivity contribution in [3.63, 3.8) is 0 Å². The van der Waals surface area contributed by atoms with Crippen molar-refractivity contribution >= 4 is 17.9 Å². The fourth-order valence-electron chi connectivity index (χ4n) is 1.91. The van der Waals surface area contributed by atoms with Gasteiger partial charge in [0.15, 0.2) is 0 Å². The Hall–Kier alpha value is -3.08. The molecule has 4 N–H and O–H groups in total. The zero-order valence-electron chi connectivity index (χ0n) is 13.3. The summed E-state index contributed by atoms with van der Waals surface area (Å²) in [4.78, 5) is 34.6. The van der Waals surface area contributed by atoms with Crippen molar-refractivity contribution in [2.24, 2.45) is 11.7 Å². The van der Waals surface area contributed by atoms with Gasteiger partial charge >= 0.3 is 6.09 Å². The number of amides is 3. The molecule has 0 fully saturated rings. The van der Waals surface area contributed by atoms with Gasteiger partial charge in [0.25, 0.3) is 0 Å². The van der Waals surface area contributed by atoms with Crippen molar-refractivity contribution in [2.45, 2.75) is 26.0 Å². The largest absolute Gasteiger partial charge is 0.445 e. The van der Waals surface area contributed by atoms with Gasteiger partial charge in [-0.2, -0.15) is 5.26 Å². The summed E-state index contributed by atoms with van der Waals surface area (Å²) in [6, 6.07) is 10.0. The molecule has 8 nitrogen and oxygen atoms in total. The first-order valence-electron chi connectivity index (χ1n) is 7.34. The van der Waals surface area contributed by atoms with Crippen LogP contribution >= 0.6 is 0 Å². The molecule has 0 aliphatic carbocycles. The molecule has 128 valence electrons. The van der Waals surface area contributed by atoms with Gasteiger partial charge in [0, 0.05) is 6.42 Å². The van der Waals surface area contributed by atoms with Crippen LogP contribution in [0, 0.1) is 17.2 Å². The SMILES string of the molecule is C[C@@H](CC#N)[C@H](NC(=O)CNC(=O)OCc1ccccc1)C(N)=O. The van der Waals surface area contributed by atoms with Crippen LogP contribution in [0.1, 0.15) is 18.9 Å². The average Bonchev–Trinajstić information content (AvgIpc) is 2.56. The van der Waals surface area contributed by atoms with Gasteiger partial charge < -0.3 is 21.1 Å². The Morgan fingerprint density at radius 3 is 2.54 bits per heavy atom. The quantitative estimate of drug-likeness (QED) is 0.634. The van der Waals surface area contributed by atoms with E-state index in [1.165, 1.54) is 0 Å². The van der Waals surface area contributed by atoms with Crippen LogP contribution in [0.15, 0.2) is 30.3 Å². The summed E-state index contributed by atoms with van der Waals surface area (Å²) in [5.74, 6) is -1.76. The molecule has 0 aromatic heterocycles. The van der Waals surface area contributed by atoms with Crippen molar-refractivity contribution in [1.29, 1.82) is 5.26 Å². The van der Waals surface area contributed by atoms with Gasteiger partial charge in [0.2, 0.25) is 11.8 Å². The number of primary amides is 1. The average molecular weight is 332 g/mol. The molecular weight excluding hydrogens is 312 g/mol. The summed E-state index contributed by atoms with van der Waals surface area (Å²) < 4.78 is 4.95. The molecule has 2 atom stereocenters. The Morgan fingerprint density at radius 2 is 1.96 bits per heavy atom. The van der Waals surface area contributed by atoms with Crippen molar-refractivity contribution in [2.75, 3.05) is 6.54 Å². The number of nitriles is 1. The van der Waals surface area contributed by atoms with Crippen LogP contribution < -0.4 is 16.4 Å². The Balaban J connectivity index is 2.37. The number of hydrogen-bond acceptors (Lipinski definition) is 5. The molecule has 0 aliphatic rings. The summed E-state index contributed by atoms with van der Waals surface area (Å²) in [5.41, 5.74) is 6.03. The third-order valence-corrected chi connectivity index (χ3v) is 3.21. The first kappa shape index (κ1) is 19.0. The van der Waals surface area contributed by atoms with Crippen LogP contribution in [0.2, 0.25) is 0 Å². The van der Waals surface area contributed by atoms with Crippen LogP contribution in [0.3, 0.4) is 0 Å². The lowest BCUT2D eigenvalue weighted by Gasteiger charge is -2.20. The number of carbonyl (C=O) groups is 3. The van der Waals surface area contributed by atoms with Gasteiger partial charge in [0.05, 0.1) is 6.07 Å². The van der Waals surface area contributed by atoms with Crippen LogP contribution in [-0.4, -0.2) is 30.5 Å². The van der Waals surface area contributed by atoms with E-state index in [0.717, 1.165) is 5.56 Å². The van der Waals surface area contributed by atoms with Gasteiger partial charge in [-0.15, -0.1) is 0 Å². The van der Waals surface area contributed by atoms with Crippen molar-refractivity contribution in [3.05, 3.63) is 35.9 Å². The van der Waals surface area contributed by atoms with Crippen LogP contribution in [0.25, 0.3) is 0 Å². The van der Waals surface area contributed by atoms with Crippen molar-refractivity contribution < 1.29 is 19.1 Å². The number of benzene rings is 1. The highest BCUT2D eigenvalue weighted by molar-refractivity contribution is 5.88. The van der Waals surface area contributed by atoms with E-state index in [0.29, 0.717) is 0 Å². The zero-order valence-corrected chi connectivity index (χ0v) is 13.3. The van der Waals surface area contributed by atoms with E-state index >= 15 is 0 Å². The lowest BCUT2D eigenvalue weighted by Crippen LogP contribution is -2.51. The molecule has 1 rings (SSSR count). The Kier molecular flexibility index (Phi) is 7.78. The fourth-order valence-corrected chi connectivity index (χ4v) is 1.91. The number of nitrogens with one attached hydrogen (secondary N) is 2. The third kappa shape index (κ3) is 6.79. The number of carbonyl (C=O) groups excluding carboxylic acids is 3. The number of rotatable bonds is 8. The molecule has 0 bridgehead atoms. The summed E-state index contributed by atoms with van der Waals surface area (Å²) in [6.45, 7) is 1.34. The normalized spacial score (nSPS) is 12.3. The second kappa shape index (κ2) is 9.84. The lowest BCUT2D eigenvalue weighted by molar-refractivity contribution is -0.127.